The average Bonchev–Trinajstić information content (AvgIpc) is 3.08. The zero-order valence-corrected chi connectivity index (χ0v) is 13.5. The van der Waals surface area contributed by atoms with Crippen LogP contribution in [0.2, 0.25) is 0 Å². The van der Waals surface area contributed by atoms with Gasteiger partial charge >= 0.3 is 0 Å². The average molecular weight is 309 g/mol. The van der Waals surface area contributed by atoms with Gasteiger partial charge in [-0.05, 0) is 39.0 Å². The molecule has 1 aliphatic rings. The van der Waals surface area contributed by atoms with Gasteiger partial charge in [0.05, 0.1) is 6.61 Å². The molecule has 0 saturated carbocycles. The molecule has 0 bridgehead atoms. The summed E-state index contributed by atoms with van der Waals surface area (Å²) in [5, 5.41) is 10.7. The van der Waals surface area contributed by atoms with Crippen molar-refractivity contribution >= 4 is 5.91 Å². The molecule has 2 heterocycles. The fourth-order valence-corrected chi connectivity index (χ4v) is 2.81. The molecule has 0 unspecified atom stereocenters. The summed E-state index contributed by atoms with van der Waals surface area (Å²) in [6.07, 6.45) is 5.14. The van der Waals surface area contributed by atoms with Crippen molar-refractivity contribution < 1.29 is 9.53 Å². The standard InChI is InChI=1S/C15H27N5O2/c1-19(12-13-22-2)11-9-17-14(21)15(4-7-16-8-5-15)20-10-3-6-18-20/h3,6,10,16H,4-5,7-9,11-13H2,1-2H3,(H,17,21). The van der Waals surface area contributed by atoms with Crippen LogP contribution in [0.1, 0.15) is 12.8 Å². The van der Waals surface area contributed by atoms with E-state index in [1.54, 1.807) is 13.3 Å². The quantitative estimate of drug-likeness (QED) is 0.687. The second kappa shape index (κ2) is 8.26. The second-order valence-corrected chi connectivity index (χ2v) is 5.78. The van der Waals surface area contributed by atoms with Gasteiger partial charge in [-0.15, -0.1) is 0 Å². The summed E-state index contributed by atoms with van der Waals surface area (Å²) in [5.74, 6) is 0.0674. The highest BCUT2D eigenvalue weighted by Crippen LogP contribution is 2.26. The molecule has 2 rings (SSSR count). The van der Waals surface area contributed by atoms with Crippen LogP contribution in [-0.4, -0.2) is 74.1 Å². The Morgan fingerprint density at radius 2 is 2.23 bits per heavy atom. The van der Waals surface area contributed by atoms with E-state index >= 15 is 0 Å². The van der Waals surface area contributed by atoms with Gasteiger partial charge in [0.1, 0.15) is 5.54 Å². The topological polar surface area (TPSA) is 71.4 Å². The number of aromatic nitrogens is 2. The van der Waals surface area contributed by atoms with Crippen molar-refractivity contribution in [3.05, 3.63) is 18.5 Å². The van der Waals surface area contributed by atoms with Crippen molar-refractivity contribution in [2.24, 2.45) is 0 Å². The smallest absolute Gasteiger partial charge is 0.248 e. The molecule has 22 heavy (non-hydrogen) atoms. The Labute approximate surface area is 132 Å². The molecule has 1 saturated heterocycles. The summed E-state index contributed by atoms with van der Waals surface area (Å²) in [7, 11) is 3.72. The van der Waals surface area contributed by atoms with Crippen LogP contribution in [0.4, 0.5) is 0 Å². The molecule has 0 atom stereocenters. The van der Waals surface area contributed by atoms with Crippen molar-refractivity contribution in [2.75, 3.05) is 53.5 Å². The minimum absolute atomic E-state index is 0.0674. The Kier molecular flexibility index (Phi) is 6.35. The van der Waals surface area contributed by atoms with E-state index in [1.165, 1.54) is 0 Å². The molecule has 1 aromatic rings. The summed E-state index contributed by atoms with van der Waals surface area (Å²) in [6, 6.07) is 1.87. The lowest BCUT2D eigenvalue weighted by molar-refractivity contribution is -0.132. The summed E-state index contributed by atoms with van der Waals surface area (Å²) in [6.45, 7) is 4.67. The Morgan fingerprint density at radius 3 is 2.86 bits per heavy atom. The zero-order valence-electron chi connectivity index (χ0n) is 13.5. The van der Waals surface area contributed by atoms with Crippen LogP contribution in [0.25, 0.3) is 0 Å². The number of rotatable bonds is 8. The fraction of sp³-hybridized carbons (Fsp3) is 0.733. The molecule has 1 aromatic heterocycles. The maximum atomic E-state index is 12.8. The van der Waals surface area contributed by atoms with Gasteiger partial charge in [-0.25, -0.2) is 0 Å². The van der Waals surface area contributed by atoms with E-state index in [2.05, 4.69) is 20.6 Å². The third-order valence-corrected chi connectivity index (χ3v) is 4.25. The molecule has 1 amide bonds. The highest BCUT2D eigenvalue weighted by molar-refractivity contribution is 5.84. The molecule has 7 nitrogen and oxygen atoms in total. The Morgan fingerprint density at radius 1 is 1.45 bits per heavy atom. The predicted molar refractivity (Wildman–Crippen MR) is 84.7 cm³/mol. The third-order valence-electron chi connectivity index (χ3n) is 4.25. The molecule has 1 aliphatic heterocycles. The van der Waals surface area contributed by atoms with Gasteiger partial charge in [0, 0.05) is 39.1 Å². The zero-order chi connectivity index (χ0) is 15.8. The maximum absolute atomic E-state index is 12.8. The molecular weight excluding hydrogens is 282 g/mol. The number of hydrogen-bond acceptors (Lipinski definition) is 5. The number of hydrogen-bond donors (Lipinski definition) is 2. The van der Waals surface area contributed by atoms with Gasteiger partial charge in [-0.2, -0.15) is 5.10 Å². The van der Waals surface area contributed by atoms with Crippen LogP contribution in [-0.2, 0) is 15.1 Å². The lowest BCUT2D eigenvalue weighted by Gasteiger charge is -2.36. The Balaban J connectivity index is 1.90. The largest absolute Gasteiger partial charge is 0.383 e. The number of amides is 1. The minimum Gasteiger partial charge on any atom is -0.383 e. The van der Waals surface area contributed by atoms with Gasteiger partial charge < -0.3 is 20.3 Å². The number of ether oxygens (including phenoxy) is 1. The predicted octanol–water partition coefficient (Wildman–Crippen LogP) is -0.344. The third kappa shape index (κ3) is 4.06. The Bertz CT molecular complexity index is 443. The number of carbonyl (C=O) groups is 1. The summed E-state index contributed by atoms with van der Waals surface area (Å²) < 4.78 is 6.87. The fourth-order valence-electron chi connectivity index (χ4n) is 2.81. The van der Waals surface area contributed by atoms with Crippen molar-refractivity contribution in [3.63, 3.8) is 0 Å². The van der Waals surface area contributed by atoms with E-state index in [-0.39, 0.29) is 5.91 Å². The van der Waals surface area contributed by atoms with E-state index in [9.17, 15) is 4.79 Å². The summed E-state index contributed by atoms with van der Waals surface area (Å²) in [5.41, 5.74) is -0.556. The number of nitrogens with zero attached hydrogens (tertiary/aromatic N) is 3. The molecule has 2 N–H and O–H groups in total. The molecule has 0 aliphatic carbocycles. The van der Waals surface area contributed by atoms with Gasteiger partial charge in [-0.1, -0.05) is 0 Å². The number of piperidine rings is 1. The van der Waals surface area contributed by atoms with Crippen LogP contribution < -0.4 is 10.6 Å². The van der Waals surface area contributed by atoms with Crippen LogP contribution in [0, 0.1) is 0 Å². The van der Waals surface area contributed by atoms with Crippen molar-refractivity contribution in [1.82, 2.24) is 25.3 Å². The van der Waals surface area contributed by atoms with Crippen molar-refractivity contribution in [2.45, 2.75) is 18.4 Å². The molecule has 1 fully saturated rings. The SMILES string of the molecule is COCCN(C)CCNC(=O)C1(n2cccn2)CCNCC1. The Hall–Kier alpha value is -1.44. The van der Waals surface area contributed by atoms with Gasteiger partial charge in [0.2, 0.25) is 5.91 Å². The lowest BCUT2D eigenvalue weighted by Crippen LogP contribution is -2.55. The monoisotopic (exact) mass is 309 g/mol. The van der Waals surface area contributed by atoms with Crippen LogP contribution >= 0.6 is 0 Å². The van der Waals surface area contributed by atoms with Crippen molar-refractivity contribution in [3.8, 4) is 0 Å². The lowest BCUT2D eigenvalue weighted by atomic mass is 9.87. The van der Waals surface area contributed by atoms with Crippen LogP contribution in [0.3, 0.4) is 0 Å². The van der Waals surface area contributed by atoms with Crippen LogP contribution in [0.15, 0.2) is 18.5 Å². The van der Waals surface area contributed by atoms with Gasteiger partial charge in [-0.3, -0.25) is 9.48 Å². The minimum atomic E-state index is -0.556. The molecule has 7 heteroatoms. The maximum Gasteiger partial charge on any atom is 0.248 e. The number of nitrogens with one attached hydrogen (secondary N) is 2. The normalized spacial score (nSPS) is 17.6. The molecule has 0 spiro atoms. The first kappa shape index (κ1) is 16.9. The van der Waals surface area contributed by atoms with Gasteiger partial charge in [0.25, 0.3) is 0 Å². The summed E-state index contributed by atoms with van der Waals surface area (Å²) >= 11 is 0. The van der Waals surface area contributed by atoms with E-state index < -0.39 is 5.54 Å². The first-order chi connectivity index (χ1) is 10.7. The first-order valence-electron chi connectivity index (χ1n) is 7.86. The van der Waals surface area contributed by atoms with E-state index in [0.717, 1.165) is 39.0 Å². The number of carbonyl (C=O) groups excluding carboxylic acids is 1. The number of methoxy groups -OCH3 is 1. The van der Waals surface area contributed by atoms with E-state index in [4.69, 9.17) is 4.74 Å². The molecule has 0 radical (unpaired) electrons. The highest BCUT2D eigenvalue weighted by Gasteiger charge is 2.41. The second-order valence-electron chi connectivity index (χ2n) is 5.78. The van der Waals surface area contributed by atoms with Gasteiger partial charge in [0.15, 0.2) is 0 Å². The van der Waals surface area contributed by atoms with E-state index in [0.29, 0.717) is 13.2 Å². The first-order valence-corrected chi connectivity index (χ1v) is 7.86. The van der Waals surface area contributed by atoms with Crippen molar-refractivity contribution in [1.29, 1.82) is 0 Å². The highest BCUT2D eigenvalue weighted by atomic mass is 16.5. The van der Waals surface area contributed by atoms with E-state index in [1.807, 2.05) is 24.0 Å². The molecule has 0 aromatic carbocycles. The molecule has 124 valence electrons. The number of likely N-dealkylation sites (N-methyl/N-ethyl adjacent to an activating group) is 1. The molecular formula is C15H27N5O2. The summed E-state index contributed by atoms with van der Waals surface area (Å²) in [4.78, 5) is 14.9. The van der Waals surface area contributed by atoms with Crippen LogP contribution in [0.5, 0.6) is 0 Å².